The van der Waals surface area contributed by atoms with Crippen molar-refractivity contribution in [2.45, 2.75) is 38.9 Å². The molecule has 0 atom stereocenters. The maximum Gasteiger partial charge on any atom is 0.0603 e. The summed E-state index contributed by atoms with van der Waals surface area (Å²) in [6, 6.07) is 0. The zero-order chi connectivity index (χ0) is 10.4. The van der Waals surface area contributed by atoms with E-state index >= 15 is 0 Å². The Morgan fingerprint density at radius 2 is 1.93 bits per heavy atom. The van der Waals surface area contributed by atoms with Crippen molar-refractivity contribution in [3.8, 4) is 0 Å². The molecule has 0 unspecified atom stereocenters. The molecule has 1 rings (SSSR count). The molecule has 0 spiro atoms. The van der Waals surface area contributed by atoms with Crippen LogP contribution in [0.2, 0.25) is 0 Å². The molecule has 1 fully saturated rings. The van der Waals surface area contributed by atoms with Crippen molar-refractivity contribution in [1.29, 1.82) is 0 Å². The number of piperidine rings is 1. The minimum Gasteiger partial charge on any atom is -0.383 e. The summed E-state index contributed by atoms with van der Waals surface area (Å²) in [4.78, 5) is 2.45. The van der Waals surface area contributed by atoms with E-state index in [-0.39, 0.29) is 0 Å². The molecule has 0 saturated carbocycles. The first kappa shape index (κ1) is 12.0. The maximum atomic E-state index is 5.79. The Morgan fingerprint density at radius 1 is 1.29 bits per heavy atom. The lowest BCUT2D eigenvalue weighted by Gasteiger charge is -2.32. The van der Waals surface area contributed by atoms with Gasteiger partial charge in [-0.3, -0.25) is 0 Å². The topological polar surface area (TPSA) is 21.7 Å². The van der Waals surface area contributed by atoms with Crippen molar-refractivity contribution in [2.75, 3.05) is 33.4 Å². The second-order valence-electron chi connectivity index (χ2n) is 4.22. The van der Waals surface area contributed by atoms with Crippen molar-refractivity contribution in [3.63, 3.8) is 0 Å². The van der Waals surface area contributed by atoms with E-state index in [4.69, 9.17) is 9.47 Å². The monoisotopic (exact) mass is 201 g/mol. The Bertz CT molecular complexity index is 142. The molecule has 84 valence electrons. The molecule has 1 aliphatic rings. The van der Waals surface area contributed by atoms with Gasteiger partial charge in [0.2, 0.25) is 0 Å². The van der Waals surface area contributed by atoms with E-state index in [9.17, 15) is 0 Å². The van der Waals surface area contributed by atoms with Crippen LogP contribution in [0, 0.1) is 0 Å². The van der Waals surface area contributed by atoms with Crippen LogP contribution >= 0.6 is 0 Å². The summed E-state index contributed by atoms with van der Waals surface area (Å²) in [6.45, 7) is 8.43. The van der Waals surface area contributed by atoms with E-state index < -0.39 is 0 Å². The van der Waals surface area contributed by atoms with Crippen LogP contribution in [0.4, 0.5) is 0 Å². The van der Waals surface area contributed by atoms with Crippen LogP contribution in [0.5, 0.6) is 0 Å². The third-order valence-corrected chi connectivity index (χ3v) is 2.61. The summed E-state index contributed by atoms with van der Waals surface area (Å²) >= 11 is 0. The Balaban J connectivity index is 2.11. The summed E-state index contributed by atoms with van der Waals surface area (Å²) in [7, 11) is 1.76. The zero-order valence-electron chi connectivity index (χ0n) is 9.66. The lowest BCUT2D eigenvalue weighted by molar-refractivity contribution is -0.0291. The first-order valence-electron chi connectivity index (χ1n) is 5.59. The van der Waals surface area contributed by atoms with Gasteiger partial charge in [-0.2, -0.15) is 0 Å². The summed E-state index contributed by atoms with van der Waals surface area (Å²) in [6.07, 6.45) is 3.18. The minimum absolute atomic E-state index is 0.366. The maximum absolute atomic E-state index is 5.79. The molecule has 1 heterocycles. The van der Waals surface area contributed by atoms with Crippen LogP contribution in [0.25, 0.3) is 0 Å². The van der Waals surface area contributed by atoms with Gasteiger partial charge in [0, 0.05) is 26.7 Å². The fourth-order valence-corrected chi connectivity index (χ4v) is 1.87. The van der Waals surface area contributed by atoms with E-state index in [1.807, 2.05) is 0 Å². The number of likely N-dealkylation sites (tertiary alicyclic amines) is 1. The fourth-order valence-electron chi connectivity index (χ4n) is 1.87. The summed E-state index contributed by atoms with van der Waals surface area (Å²) < 4.78 is 10.8. The van der Waals surface area contributed by atoms with Crippen LogP contribution in [0.1, 0.15) is 26.7 Å². The molecule has 3 nitrogen and oxygen atoms in total. The SMILES string of the molecule is COCCN1CCC(OC(C)C)CC1. The molecular weight excluding hydrogens is 178 g/mol. The second-order valence-corrected chi connectivity index (χ2v) is 4.22. The van der Waals surface area contributed by atoms with Gasteiger partial charge in [0.15, 0.2) is 0 Å². The van der Waals surface area contributed by atoms with E-state index in [1.165, 1.54) is 12.8 Å². The highest BCUT2D eigenvalue weighted by molar-refractivity contribution is 4.72. The Kier molecular flexibility index (Phi) is 5.45. The second kappa shape index (κ2) is 6.38. The smallest absolute Gasteiger partial charge is 0.0603 e. The molecule has 0 aromatic rings. The molecule has 0 aliphatic carbocycles. The lowest BCUT2D eigenvalue weighted by atomic mass is 10.1. The van der Waals surface area contributed by atoms with Gasteiger partial charge in [0.1, 0.15) is 0 Å². The predicted molar refractivity (Wildman–Crippen MR) is 57.6 cm³/mol. The number of nitrogens with zero attached hydrogens (tertiary/aromatic N) is 1. The zero-order valence-corrected chi connectivity index (χ0v) is 9.66. The molecule has 14 heavy (non-hydrogen) atoms. The normalized spacial score (nSPS) is 20.6. The first-order valence-corrected chi connectivity index (χ1v) is 5.59. The van der Waals surface area contributed by atoms with Crippen LogP contribution < -0.4 is 0 Å². The van der Waals surface area contributed by atoms with Gasteiger partial charge in [-0.1, -0.05) is 0 Å². The highest BCUT2D eigenvalue weighted by Gasteiger charge is 2.19. The van der Waals surface area contributed by atoms with Gasteiger partial charge in [-0.15, -0.1) is 0 Å². The van der Waals surface area contributed by atoms with Gasteiger partial charge < -0.3 is 14.4 Å². The quantitative estimate of drug-likeness (QED) is 0.673. The molecule has 0 aromatic heterocycles. The van der Waals surface area contributed by atoms with E-state index in [2.05, 4.69) is 18.7 Å². The Hall–Kier alpha value is -0.120. The van der Waals surface area contributed by atoms with Gasteiger partial charge in [-0.25, -0.2) is 0 Å². The predicted octanol–water partition coefficient (Wildman–Crippen LogP) is 1.52. The van der Waals surface area contributed by atoms with Gasteiger partial charge >= 0.3 is 0 Å². The molecule has 0 aromatic carbocycles. The summed E-state index contributed by atoms with van der Waals surface area (Å²) in [5.41, 5.74) is 0. The molecule has 3 heteroatoms. The van der Waals surface area contributed by atoms with E-state index in [0.29, 0.717) is 12.2 Å². The molecule has 0 amide bonds. The lowest BCUT2D eigenvalue weighted by Crippen LogP contribution is -2.39. The molecule has 1 aliphatic heterocycles. The minimum atomic E-state index is 0.366. The van der Waals surface area contributed by atoms with Gasteiger partial charge in [0.25, 0.3) is 0 Å². The average molecular weight is 201 g/mol. The number of methoxy groups -OCH3 is 1. The van der Waals surface area contributed by atoms with E-state index in [0.717, 1.165) is 26.2 Å². The number of ether oxygens (including phenoxy) is 2. The first-order chi connectivity index (χ1) is 6.72. The van der Waals surface area contributed by atoms with Crippen molar-refractivity contribution in [3.05, 3.63) is 0 Å². The molecule has 0 N–H and O–H groups in total. The van der Waals surface area contributed by atoms with Gasteiger partial charge in [0.05, 0.1) is 18.8 Å². The highest BCUT2D eigenvalue weighted by Crippen LogP contribution is 2.14. The molecule has 0 bridgehead atoms. The summed E-state index contributed by atoms with van der Waals surface area (Å²) in [5.74, 6) is 0. The van der Waals surface area contributed by atoms with E-state index in [1.54, 1.807) is 7.11 Å². The van der Waals surface area contributed by atoms with Crippen molar-refractivity contribution in [2.24, 2.45) is 0 Å². The molecule has 0 radical (unpaired) electrons. The van der Waals surface area contributed by atoms with Gasteiger partial charge in [-0.05, 0) is 26.7 Å². The highest BCUT2D eigenvalue weighted by atomic mass is 16.5. The largest absolute Gasteiger partial charge is 0.383 e. The third kappa shape index (κ3) is 4.40. The molecular formula is C11H23NO2. The van der Waals surface area contributed by atoms with Crippen LogP contribution in [0.15, 0.2) is 0 Å². The standard InChI is InChI=1S/C11H23NO2/c1-10(2)14-11-4-6-12(7-5-11)8-9-13-3/h10-11H,4-9H2,1-3H3. The Labute approximate surface area is 87.4 Å². The molecule has 1 saturated heterocycles. The summed E-state index contributed by atoms with van der Waals surface area (Å²) in [5, 5.41) is 0. The van der Waals surface area contributed by atoms with Crippen LogP contribution in [-0.2, 0) is 9.47 Å². The third-order valence-electron chi connectivity index (χ3n) is 2.61. The van der Waals surface area contributed by atoms with Crippen LogP contribution in [-0.4, -0.2) is 50.5 Å². The van der Waals surface area contributed by atoms with Crippen molar-refractivity contribution < 1.29 is 9.47 Å². The fraction of sp³-hybridized carbons (Fsp3) is 1.00. The van der Waals surface area contributed by atoms with Crippen LogP contribution in [0.3, 0.4) is 0 Å². The number of hydrogen-bond acceptors (Lipinski definition) is 3. The average Bonchev–Trinajstić information content (AvgIpc) is 2.16. The number of rotatable bonds is 5. The van der Waals surface area contributed by atoms with Crippen molar-refractivity contribution in [1.82, 2.24) is 4.90 Å². The number of hydrogen-bond donors (Lipinski definition) is 0. The van der Waals surface area contributed by atoms with Crippen molar-refractivity contribution >= 4 is 0 Å². The Morgan fingerprint density at radius 3 is 2.43 bits per heavy atom.